The molecule has 0 aromatic heterocycles. The van der Waals surface area contributed by atoms with Crippen LogP contribution in [-0.2, 0) is 11.2 Å². The van der Waals surface area contributed by atoms with Gasteiger partial charge < -0.3 is 0 Å². The van der Waals surface area contributed by atoms with E-state index in [0.29, 0.717) is 17.5 Å². The van der Waals surface area contributed by atoms with E-state index in [-0.39, 0.29) is 18.2 Å². The Bertz CT molecular complexity index is 807. The molecule has 1 atom stereocenters. The van der Waals surface area contributed by atoms with Crippen LogP contribution >= 0.6 is 0 Å². The Morgan fingerprint density at radius 3 is 2.46 bits per heavy atom. The van der Waals surface area contributed by atoms with E-state index in [2.05, 4.69) is 0 Å². The number of aryl methyl sites for hydroxylation is 1. The van der Waals surface area contributed by atoms with Crippen LogP contribution in [0.15, 0.2) is 42.5 Å². The topological polar surface area (TPSA) is 46.6 Å². The molecule has 2 amide bonds. The van der Waals surface area contributed by atoms with Gasteiger partial charge >= 0.3 is 162 Å². The molecule has 0 saturated heterocycles. The molecule has 0 saturated carbocycles. The molecule has 4 nitrogen and oxygen atoms in total. The fraction of sp³-hybridized carbons (Fsp3) is 0.300. The van der Waals surface area contributed by atoms with Gasteiger partial charge in [-0.25, -0.2) is 0 Å². The molecule has 0 heterocycles. The quantitative estimate of drug-likeness (QED) is 0.700. The van der Waals surface area contributed by atoms with Crippen LogP contribution in [0.1, 0.15) is 36.7 Å². The standard InChI is InChI=1S/C20H23AsFNO3/c1-4-14-9-10-15(11-18(14)22)23(20(25)26-12-13(2)3)19(24)16-7-5-6-8-17(16)21/h5-11,13H,4,12,21H2,1-3H3. The minimum absolute atomic E-state index is 0.122. The molecular weight excluding hydrogens is 396 g/mol. The molecule has 0 fully saturated rings. The number of nitrogens with zero attached hydrogens (tertiary/aromatic N) is 1. The van der Waals surface area contributed by atoms with Crippen LogP contribution in [0.2, 0.25) is 0 Å². The monoisotopic (exact) mass is 419 g/mol. The van der Waals surface area contributed by atoms with E-state index in [4.69, 9.17) is 4.74 Å². The molecule has 6 heteroatoms. The van der Waals surface area contributed by atoms with Crippen LogP contribution in [0.4, 0.5) is 14.9 Å². The van der Waals surface area contributed by atoms with Gasteiger partial charge in [-0.05, 0) is 0 Å². The number of carbonyl (C=O) groups excluding carboxylic acids is 2. The minimum atomic E-state index is -0.803. The number of ether oxygens (including phenoxy) is 1. The molecule has 2 aromatic rings. The van der Waals surface area contributed by atoms with Gasteiger partial charge in [-0.15, -0.1) is 0 Å². The summed E-state index contributed by atoms with van der Waals surface area (Å²) in [6.07, 6.45) is -0.277. The van der Waals surface area contributed by atoms with Gasteiger partial charge in [0.1, 0.15) is 0 Å². The molecule has 2 rings (SSSR count). The van der Waals surface area contributed by atoms with E-state index in [1.807, 2.05) is 32.9 Å². The summed E-state index contributed by atoms with van der Waals surface area (Å²) in [5, 5.41) is 0. The van der Waals surface area contributed by atoms with Crippen LogP contribution in [-0.4, -0.2) is 35.5 Å². The first kappa shape index (κ1) is 20.2. The van der Waals surface area contributed by atoms with E-state index in [9.17, 15) is 14.0 Å². The zero-order valence-electron chi connectivity index (χ0n) is 15.2. The molecule has 0 aliphatic rings. The second kappa shape index (κ2) is 9.00. The molecule has 0 radical (unpaired) electrons. The van der Waals surface area contributed by atoms with Gasteiger partial charge in [0.05, 0.1) is 0 Å². The molecule has 138 valence electrons. The zero-order chi connectivity index (χ0) is 19.3. The first-order chi connectivity index (χ1) is 12.3. The number of carbonyl (C=O) groups is 2. The number of imide groups is 1. The zero-order valence-corrected chi connectivity index (χ0v) is 17.6. The van der Waals surface area contributed by atoms with Crippen molar-refractivity contribution in [2.45, 2.75) is 27.2 Å². The van der Waals surface area contributed by atoms with Crippen molar-refractivity contribution < 1.29 is 18.7 Å². The molecule has 0 bridgehead atoms. The van der Waals surface area contributed by atoms with Gasteiger partial charge in [0.2, 0.25) is 0 Å². The predicted molar refractivity (Wildman–Crippen MR) is 103 cm³/mol. The number of anilines is 1. The number of rotatable bonds is 5. The summed E-state index contributed by atoms with van der Waals surface area (Å²) >= 11 is 1.27. The van der Waals surface area contributed by atoms with Crippen LogP contribution in [0, 0.1) is 11.7 Å². The summed E-state index contributed by atoms with van der Waals surface area (Å²) in [7, 11) is 0. The van der Waals surface area contributed by atoms with Gasteiger partial charge in [0, 0.05) is 0 Å². The van der Waals surface area contributed by atoms with E-state index in [1.165, 1.54) is 22.9 Å². The Morgan fingerprint density at radius 2 is 1.88 bits per heavy atom. The second-order valence-electron chi connectivity index (χ2n) is 6.33. The van der Waals surface area contributed by atoms with Crippen molar-refractivity contribution in [2.24, 2.45) is 5.92 Å². The SMILES string of the molecule is CCc1ccc(N(C(=O)OCC(C)C)C(=O)c2ccccc2[AsH2])cc1F. The third kappa shape index (κ3) is 4.73. The molecule has 26 heavy (non-hydrogen) atoms. The number of hydrogen-bond donors (Lipinski definition) is 0. The first-order valence-electron chi connectivity index (χ1n) is 8.49. The fourth-order valence-corrected chi connectivity index (χ4v) is 3.08. The summed E-state index contributed by atoms with van der Waals surface area (Å²) in [5.41, 5.74) is 1.08. The Hall–Kier alpha value is -2.13. The predicted octanol–water partition coefficient (Wildman–Crippen LogP) is 3.09. The number of amides is 2. The van der Waals surface area contributed by atoms with E-state index in [0.717, 1.165) is 9.25 Å². The van der Waals surface area contributed by atoms with Gasteiger partial charge in [-0.3, -0.25) is 0 Å². The first-order valence-corrected chi connectivity index (χ1v) is 9.70. The van der Waals surface area contributed by atoms with Crippen LogP contribution in [0.5, 0.6) is 0 Å². The fourth-order valence-electron chi connectivity index (χ4n) is 2.38. The molecular formula is C20H23AsFNO3. The summed E-state index contributed by atoms with van der Waals surface area (Å²) in [6, 6.07) is 11.4. The van der Waals surface area contributed by atoms with Crippen LogP contribution in [0.3, 0.4) is 0 Å². The molecule has 2 aromatic carbocycles. The molecule has 1 unspecified atom stereocenters. The summed E-state index contributed by atoms with van der Waals surface area (Å²) < 4.78 is 20.3. The van der Waals surface area contributed by atoms with Crippen molar-refractivity contribution in [3.63, 3.8) is 0 Å². The van der Waals surface area contributed by atoms with Crippen LogP contribution < -0.4 is 9.25 Å². The Morgan fingerprint density at radius 1 is 1.19 bits per heavy atom. The second-order valence-corrected chi connectivity index (χ2v) is 7.63. The maximum absolute atomic E-state index is 14.2. The Labute approximate surface area is 161 Å². The van der Waals surface area contributed by atoms with E-state index >= 15 is 0 Å². The van der Waals surface area contributed by atoms with Crippen molar-refractivity contribution in [1.29, 1.82) is 0 Å². The molecule has 0 spiro atoms. The van der Waals surface area contributed by atoms with E-state index < -0.39 is 17.8 Å². The third-order valence-corrected chi connectivity index (χ3v) is 4.85. The van der Waals surface area contributed by atoms with Gasteiger partial charge in [-0.2, -0.15) is 0 Å². The number of benzene rings is 2. The molecule has 0 aliphatic heterocycles. The maximum atomic E-state index is 14.2. The van der Waals surface area contributed by atoms with Gasteiger partial charge in [0.25, 0.3) is 0 Å². The number of halogens is 1. The van der Waals surface area contributed by atoms with Crippen LogP contribution in [0.25, 0.3) is 0 Å². The van der Waals surface area contributed by atoms with Crippen molar-refractivity contribution in [1.82, 2.24) is 0 Å². The summed E-state index contributed by atoms with van der Waals surface area (Å²) in [5.74, 6) is -0.854. The normalized spacial score (nSPS) is 10.7. The van der Waals surface area contributed by atoms with Crippen molar-refractivity contribution in [3.8, 4) is 0 Å². The Balaban J connectivity index is 2.45. The number of hydrogen-bond acceptors (Lipinski definition) is 3. The average molecular weight is 419 g/mol. The van der Waals surface area contributed by atoms with Gasteiger partial charge in [-0.1, -0.05) is 0 Å². The summed E-state index contributed by atoms with van der Waals surface area (Å²) in [6.45, 7) is 5.82. The van der Waals surface area contributed by atoms with Crippen molar-refractivity contribution >= 4 is 38.9 Å². The van der Waals surface area contributed by atoms with Gasteiger partial charge in [0.15, 0.2) is 0 Å². The van der Waals surface area contributed by atoms with Crippen molar-refractivity contribution in [2.75, 3.05) is 11.5 Å². The average Bonchev–Trinajstić information content (AvgIpc) is 2.60. The Kier molecular flexibility index (Phi) is 6.98. The third-order valence-electron chi connectivity index (χ3n) is 3.79. The molecule has 0 aliphatic carbocycles. The molecule has 0 N–H and O–H groups in total. The summed E-state index contributed by atoms with van der Waals surface area (Å²) in [4.78, 5) is 26.5. The van der Waals surface area contributed by atoms with E-state index in [1.54, 1.807) is 24.3 Å². The van der Waals surface area contributed by atoms with Crippen molar-refractivity contribution in [3.05, 3.63) is 59.4 Å².